The number of hydrogen-bond donors (Lipinski definition) is 2. The van der Waals surface area contributed by atoms with Crippen LogP contribution in [0.3, 0.4) is 0 Å². The molecule has 0 saturated carbocycles. The van der Waals surface area contributed by atoms with E-state index in [0.717, 1.165) is 4.90 Å². The molecule has 0 heterocycles. The number of carbonyl (C=O) groups excluding carboxylic acids is 1. The molecule has 3 nitrogen and oxygen atoms in total. The van der Waals surface area contributed by atoms with Crippen molar-refractivity contribution in [2.24, 2.45) is 0 Å². The Hall–Kier alpha value is -0.420. The van der Waals surface area contributed by atoms with Gasteiger partial charge >= 0.3 is 0 Å². The fourth-order valence-electron chi connectivity index (χ4n) is 1.15. The molecule has 6 heteroatoms. The van der Waals surface area contributed by atoms with Gasteiger partial charge < -0.3 is 10.6 Å². The van der Waals surface area contributed by atoms with Crippen molar-refractivity contribution in [2.45, 2.75) is 17.9 Å². The molecule has 1 aromatic carbocycles. The van der Waals surface area contributed by atoms with Crippen LogP contribution in [0.15, 0.2) is 23.1 Å². The van der Waals surface area contributed by atoms with Crippen LogP contribution in [-0.4, -0.2) is 31.3 Å². The lowest BCUT2D eigenvalue weighted by atomic mass is 10.3. The summed E-state index contributed by atoms with van der Waals surface area (Å²) < 4.78 is 0. The molecule has 1 rings (SSSR count). The first-order chi connectivity index (χ1) is 8.52. The fourth-order valence-corrected chi connectivity index (χ4v) is 2.47. The summed E-state index contributed by atoms with van der Waals surface area (Å²) >= 11 is 13.3. The Kier molecular flexibility index (Phi) is 6.86. The van der Waals surface area contributed by atoms with Gasteiger partial charge in [0.2, 0.25) is 5.91 Å². The summed E-state index contributed by atoms with van der Waals surface area (Å²) in [5, 5.41) is 7.12. The highest BCUT2D eigenvalue weighted by atomic mass is 35.5. The van der Waals surface area contributed by atoms with E-state index in [4.69, 9.17) is 23.2 Å². The Labute approximate surface area is 122 Å². The third-order valence-corrected chi connectivity index (χ3v) is 4.08. The van der Waals surface area contributed by atoms with E-state index in [1.54, 1.807) is 18.2 Å². The predicted octanol–water partition coefficient (Wildman–Crippen LogP) is 2.81. The lowest BCUT2D eigenvalue weighted by molar-refractivity contribution is -0.118. The minimum absolute atomic E-state index is 0.0156. The van der Waals surface area contributed by atoms with Crippen LogP contribution in [0, 0.1) is 0 Å². The Morgan fingerprint density at radius 2 is 2.17 bits per heavy atom. The lowest BCUT2D eigenvalue weighted by Gasteiger charge is -2.11. The number of amides is 1. The second-order valence-electron chi connectivity index (χ2n) is 3.86. The van der Waals surface area contributed by atoms with Crippen molar-refractivity contribution in [1.29, 1.82) is 0 Å². The minimum atomic E-state index is -0.0156. The number of nitrogens with one attached hydrogen (secondary N) is 2. The Morgan fingerprint density at radius 3 is 2.83 bits per heavy atom. The Bertz CT molecular complexity index is 415. The van der Waals surface area contributed by atoms with Crippen LogP contribution in [0.25, 0.3) is 0 Å². The van der Waals surface area contributed by atoms with E-state index in [1.165, 1.54) is 11.8 Å². The molecule has 1 atom stereocenters. The summed E-state index contributed by atoms with van der Waals surface area (Å²) in [6.07, 6.45) is 0. The standard InChI is InChI=1S/C12H16Cl2N2OS/c1-8(15-2)6-16-12(17)7-18-11-5-9(13)3-4-10(11)14/h3-5,8,15H,6-7H2,1-2H3,(H,16,17). The molecule has 0 radical (unpaired) electrons. The van der Waals surface area contributed by atoms with Gasteiger partial charge in [-0.1, -0.05) is 23.2 Å². The third-order valence-electron chi connectivity index (χ3n) is 2.35. The fraction of sp³-hybridized carbons (Fsp3) is 0.417. The summed E-state index contributed by atoms with van der Waals surface area (Å²) in [4.78, 5) is 12.4. The van der Waals surface area contributed by atoms with Gasteiger partial charge in [-0.05, 0) is 32.2 Å². The summed E-state index contributed by atoms with van der Waals surface area (Å²) in [7, 11) is 1.86. The maximum absolute atomic E-state index is 11.6. The largest absolute Gasteiger partial charge is 0.354 e. The van der Waals surface area contributed by atoms with E-state index >= 15 is 0 Å². The molecular weight excluding hydrogens is 291 g/mol. The number of carbonyl (C=O) groups is 1. The van der Waals surface area contributed by atoms with Crippen LogP contribution < -0.4 is 10.6 Å². The minimum Gasteiger partial charge on any atom is -0.354 e. The molecule has 1 aromatic rings. The number of rotatable bonds is 6. The Morgan fingerprint density at radius 1 is 1.44 bits per heavy atom. The van der Waals surface area contributed by atoms with Crippen LogP contribution in [-0.2, 0) is 4.79 Å². The van der Waals surface area contributed by atoms with Gasteiger partial charge in [-0.15, -0.1) is 11.8 Å². The molecule has 0 spiro atoms. The topological polar surface area (TPSA) is 41.1 Å². The van der Waals surface area contributed by atoms with E-state index in [0.29, 0.717) is 22.3 Å². The third kappa shape index (κ3) is 5.48. The van der Waals surface area contributed by atoms with Crippen LogP contribution in [0.5, 0.6) is 0 Å². The van der Waals surface area contributed by atoms with Crippen LogP contribution in [0.4, 0.5) is 0 Å². The average Bonchev–Trinajstić information content (AvgIpc) is 2.36. The number of thioether (sulfide) groups is 1. The van der Waals surface area contributed by atoms with Crippen LogP contribution >= 0.6 is 35.0 Å². The first-order valence-electron chi connectivity index (χ1n) is 5.54. The summed E-state index contributed by atoms with van der Waals surface area (Å²) in [5.74, 6) is 0.314. The number of halogens is 2. The summed E-state index contributed by atoms with van der Waals surface area (Å²) in [5.41, 5.74) is 0. The van der Waals surface area contributed by atoms with Crippen molar-refractivity contribution in [3.05, 3.63) is 28.2 Å². The zero-order valence-electron chi connectivity index (χ0n) is 10.3. The van der Waals surface area contributed by atoms with Gasteiger partial charge in [0.05, 0.1) is 10.8 Å². The monoisotopic (exact) mass is 306 g/mol. The van der Waals surface area contributed by atoms with Crippen molar-refractivity contribution in [3.8, 4) is 0 Å². The first-order valence-corrected chi connectivity index (χ1v) is 7.29. The predicted molar refractivity (Wildman–Crippen MR) is 78.7 cm³/mol. The highest BCUT2D eigenvalue weighted by Crippen LogP contribution is 2.29. The summed E-state index contributed by atoms with van der Waals surface area (Å²) in [6.45, 7) is 2.61. The van der Waals surface area contributed by atoms with Crippen molar-refractivity contribution < 1.29 is 4.79 Å². The van der Waals surface area contributed by atoms with Gasteiger partial charge in [0, 0.05) is 22.5 Å². The maximum atomic E-state index is 11.6. The molecule has 0 aromatic heterocycles. The van der Waals surface area contributed by atoms with Gasteiger partial charge in [0.15, 0.2) is 0 Å². The van der Waals surface area contributed by atoms with Gasteiger partial charge in [-0.2, -0.15) is 0 Å². The zero-order chi connectivity index (χ0) is 13.5. The number of hydrogen-bond acceptors (Lipinski definition) is 3. The Balaban J connectivity index is 2.40. The van der Waals surface area contributed by atoms with E-state index in [-0.39, 0.29) is 11.9 Å². The maximum Gasteiger partial charge on any atom is 0.230 e. The van der Waals surface area contributed by atoms with E-state index in [2.05, 4.69) is 10.6 Å². The van der Waals surface area contributed by atoms with E-state index < -0.39 is 0 Å². The molecule has 18 heavy (non-hydrogen) atoms. The molecule has 0 fully saturated rings. The van der Waals surface area contributed by atoms with Crippen molar-refractivity contribution in [2.75, 3.05) is 19.3 Å². The lowest BCUT2D eigenvalue weighted by Crippen LogP contribution is -2.37. The van der Waals surface area contributed by atoms with E-state index in [1.807, 2.05) is 14.0 Å². The molecule has 0 bridgehead atoms. The van der Waals surface area contributed by atoms with Gasteiger partial charge in [0.1, 0.15) is 0 Å². The summed E-state index contributed by atoms with van der Waals surface area (Å²) in [6, 6.07) is 5.47. The second-order valence-corrected chi connectivity index (χ2v) is 5.72. The quantitative estimate of drug-likeness (QED) is 0.794. The number of likely N-dealkylation sites (N-methyl/N-ethyl adjacent to an activating group) is 1. The first kappa shape index (κ1) is 15.6. The van der Waals surface area contributed by atoms with Crippen molar-refractivity contribution >= 4 is 40.9 Å². The van der Waals surface area contributed by atoms with Crippen molar-refractivity contribution in [3.63, 3.8) is 0 Å². The number of benzene rings is 1. The SMILES string of the molecule is CNC(C)CNC(=O)CSc1cc(Cl)ccc1Cl. The molecule has 2 N–H and O–H groups in total. The van der Waals surface area contributed by atoms with Crippen molar-refractivity contribution in [1.82, 2.24) is 10.6 Å². The second kappa shape index (κ2) is 7.89. The molecule has 0 aliphatic rings. The molecular formula is C12H16Cl2N2OS. The molecule has 1 unspecified atom stereocenters. The van der Waals surface area contributed by atoms with Gasteiger partial charge in [-0.25, -0.2) is 0 Å². The van der Waals surface area contributed by atoms with Gasteiger partial charge in [0.25, 0.3) is 0 Å². The molecule has 100 valence electrons. The molecule has 0 aliphatic heterocycles. The van der Waals surface area contributed by atoms with Crippen LogP contribution in [0.2, 0.25) is 10.0 Å². The highest BCUT2D eigenvalue weighted by Gasteiger charge is 2.07. The van der Waals surface area contributed by atoms with Crippen LogP contribution in [0.1, 0.15) is 6.92 Å². The normalized spacial score (nSPS) is 12.2. The van der Waals surface area contributed by atoms with E-state index in [9.17, 15) is 4.79 Å². The van der Waals surface area contributed by atoms with Gasteiger partial charge in [-0.3, -0.25) is 4.79 Å². The molecule has 0 aliphatic carbocycles. The molecule has 1 amide bonds. The molecule has 0 saturated heterocycles. The smallest absolute Gasteiger partial charge is 0.230 e. The average molecular weight is 307 g/mol. The zero-order valence-corrected chi connectivity index (χ0v) is 12.6. The highest BCUT2D eigenvalue weighted by molar-refractivity contribution is 8.00.